The maximum absolute atomic E-state index is 14.6. The van der Waals surface area contributed by atoms with Gasteiger partial charge in [-0.2, -0.15) is 0 Å². The fourth-order valence-electron chi connectivity index (χ4n) is 7.17. The Morgan fingerprint density at radius 3 is 1.96 bits per heavy atom. The topological polar surface area (TPSA) is 296 Å². The van der Waals surface area contributed by atoms with E-state index in [2.05, 4.69) is 47.5 Å². The first kappa shape index (κ1) is 57.0. The van der Waals surface area contributed by atoms with Crippen LogP contribution in [-0.4, -0.2) is 115 Å². The van der Waals surface area contributed by atoms with E-state index < -0.39 is 71.1 Å². The maximum Gasteiger partial charge on any atom is 0.407 e. The number of alkyl carbamates (subject to hydrolysis) is 1. The van der Waals surface area contributed by atoms with Gasteiger partial charge in [-0.3, -0.25) is 39.2 Å². The van der Waals surface area contributed by atoms with E-state index in [1.807, 2.05) is 29.2 Å². The first-order valence-electron chi connectivity index (χ1n) is 23.7. The SMILES string of the molecule is CCC(=O)NCCNC(=O)NC(N)=NCCC[C@@H](NC(=O)[C@H](c1ccc(OCCCNC(=O)CCC(=O)NCCNC(=O)OC(C)(C)C)cc1)N1Cc2ccccc2C1)C(=O)NCc1c(F)cc(O)cc1F. The molecule has 23 heteroatoms. The normalized spacial score (nSPS) is 13.1. The number of nitrogens with one attached hydrogen (secondary N) is 8. The number of amides is 8. The molecule has 392 valence electrons. The van der Waals surface area contributed by atoms with E-state index in [0.717, 1.165) is 11.1 Å². The molecule has 8 amide bonds. The van der Waals surface area contributed by atoms with Gasteiger partial charge in [0.1, 0.15) is 40.8 Å². The second-order valence-corrected chi connectivity index (χ2v) is 17.6. The molecule has 0 radical (unpaired) electrons. The van der Waals surface area contributed by atoms with Crippen LogP contribution < -0.4 is 53.0 Å². The summed E-state index contributed by atoms with van der Waals surface area (Å²) in [4.78, 5) is 94.2. The second kappa shape index (κ2) is 28.9. The van der Waals surface area contributed by atoms with Gasteiger partial charge in [0.25, 0.3) is 0 Å². The number of nitrogens with two attached hydrogens (primary N) is 1. The van der Waals surface area contributed by atoms with Crippen molar-refractivity contribution in [3.8, 4) is 11.5 Å². The molecule has 0 saturated carbocycles. The van der Waals surface area contributed by atoms with E-state index in [1.54, 1.807) is 52.0 Å². The molecule has 1 aliphatic rings. The Labute approximate surface area is 417 Å². The molecule has 0 aliphatic carbocycles. The number of hydrogen-bond donors (Lipinski definition) is 10. The Balaban J connectivity index is 1.35. The van der Waals surface area contributed by atoms with Crippen LogP contribution in [0.15, 0.2) is 65.7 Å². The third kappa shape index (κ3) is 20.4. The largest absolute Gasteiger partial charge is 0.508 e. The third-order valence-electron chi connectivity index (χ3n) is 10.7. The van der Waals surface area contributed by atoms with Gasteiger partial charge >= 0.3 is 12.1 Å². The first-order chi connectivity index (χ1) is 34.3. The van der Waals surface area contributed by atoms with Gasteiger partial charge in [0.05, 0.1) is 6.61 Å². The zero-order valence-corrected chi connectivity index (χ0v) is 41.1. The molecule has 0 unspecified atom stereocenters. The van der Waals surface area contributed by atoms with Crippen LogP contribution >= 0.6 is 0 Å². The quantitative estimate of drug-likeness (QED) is 0.0316. The average Bonchev–Trinajstić information content (AvgIpc) is 3.75. The molecule has 0 fully saturated rings. The number of urea groups is 1. The van der Waals surface area contributed by atoms with Crippen LogP contribution in [-0.2, 0) is 48.3 Å². The number of nitrogens with zero attached hydrogens (tertiary/aromatic N) is 2. The number of ether oxygens (including phenoxy) is 2. The average molecular weight is 1010 g/mol. The first-order valence-corrected chi connectivity index (χ1v) is 23.7. The Hall–Kier alpha value is -7.56. The molecule has 72 heavy (non-hydrogen) atoms. The van der Waals surface area contributed by atoms with Crippen molar-refractivity contribution in [3.05, 3.63) is 94.6 Å². The standard InChI is InChI=1S/C49H67F2N11O10/c1-5-40(64)54-21-23-57-47(69)61-46(52)56-19-8-12-39(44(67)59-28-36-37(50)26-34(63)27-38(36)51)60-45(68)43(62-29-32-10-6-7-11-33(32)30-62)31-13-15-35(16-14-31)71-25-9-20-53-41(65)17-18-42(66)55-22-24-58-48(70)72-49(2,3)4/h6-7,10-11,13-16,26-27,39,43,63H,5,8-9,12,17-25,28-30H2,1-4H3,(H,53,65)(H,54,64)(H,55,66)(H,58,70)(H,59,67)(H,60,68)(H4,52,56,57,61,69)/t39-,43+/m1/s1. The van der Waals surface area contributed by atoms with Gasteiger partial charge in [0.2, 0.25) is 29.5 Å². The van der Waals surface area contributed by atoms with Gasteiger partial charge in [-0.15, -0.1) is 0 Å². The summed E-state index contributed by atoms with van der Waals surface area (Å²) in [5.41, 5.74) is 7.37. The molecule has 3 aromatic rings. The number of rotatable bonds is 26. The lowest BCUT2D eigenvalue weighted by Gasteiger charge is -2.29. The fourth-order valence-corrected chi connectivity index (χ4v) is 7.17. The summed E-state index contributed by atoms with van der Waals surface area (Å²) in [7, 11) is 0. The van der Waals surface area contributed by atoms with Gasteiger partial charge in [-0.25, -0.2) is 18.4 Å². The number of carbonyl (C=O) groups excluding carboxylic acids is 7. The van der Waals surface area contributed by atoms with E-state index >= 15 is 0 Å². The highest BCUT2D eigenvalue weighted by Crippen LogP contribution is 2.33. The maximum atomic E-state index is 14.6. The number of carbonyl (C=O) groups is 7. The predicted octanol–water partition coefficient (Wildman–Crippen LogP) is 2.76. The number of phenolic OH excluding ortho intramolecular Hbond substituents is 1. The summed E-state index contributed by atoms with van der Waals surface area (Å²) < 4.78 is 40.3. The molecule has 0 aromatic heterocycles. The van der Waals surface area contributed by atoms with Crippen LogP contribution in [0.25, 0.3) is 0 Å². The summed E-state index contributed by atoms with van der Waals surface area (Å²) in [6.07, 6.45) is 0.259. The summed E-state index contributed by atoms with van der Waals surface area (Å²) in [6, 6.07) is 13.2. The van der Waals surface area contributed by atoms with Crippen LogP contribution in [0.1, 0.15) is 94.5 Å². The zero-order valence-electron chi connectivity index (χ0n) is 41.1. The molecule has 1 aliphatic heterocycles. The number of aliphatic imine (C=N–C) groups is 1. The summed E-state index contributed by atoms with van der Waals surface area (Å²) in [6.45, 7) is 8.39. The minimum Gasteiger partial charge on any atom is -0.508 e. The molecule has 0 spiro atoms. The van der Waals surface area contributed by atoms with Gasteiger partial charge in [0.15, 0.2) is 5.96 Å². The van der Waals surface area contributed by atoms with Crippen molar-refractivity contribution in [3.63, 3.8) is 0 Å². The molecule has 2 atom stereocenters. The number of benzene rings is 3. The van der Waals surface area contributed by atoms with Crippen LogP contribution in [0.2, 0.25) is 0 Å². The van der Waals surface area contributed by atoms with Crippen molar-refractivity contribution < 1.29 is 56.9 Å². The van der Waals surface area contributed by atoms with Crippen molar-refractivity contribution in [1.29, 1.82) is 0 Å². The van der Waals surface area contributed by atoms with E-state index in [0.29, 0.717) is 55.9 Å². The molecular formula is C49H67F2N11O10. The molecule has 1 heterocycles. The monoisotopic (exact) mass is 1010 g/mol. The fraction of sp³-hybridized carbons (Fsp3) is 0.469. The van der Waals surface area contributed by atoms with Gasteiger partial charge in [0, 0.05) is 95.9 Å². The molecule has 0 saturated heterocycles. The van der Waals surface area contributed by atoms with Crippen molar-refractivity contribution >= 4 is 47.6 Å². The molecule has 21 nitrogen and oxygen atoms in total. The third-order valence-corrected chi connectivity index (χ3v) is 10.7. The molecule has 3 aromatic carbocycles. The predicted molar refractivity (Wildman–Crippen MR) is 262 cm³/mol. The summed E-state index contributed by atoms with van der Waals surface area (Å²) in [5, 5.41) is 30.4. The second-order valence-electron chi connectivity index (χ2n) is 17.6. The van der Waals surface area contributed by atoms with Crippen LogP contribution in [0, 0.1) is 11.6 Å². The zero-order chi connectivity index (χ0) is 52.6. The Morgan fingerprint density at radius 2 is 1.35 bits per heavy atom. The van der Waals surface area contributed by atoms with Crippen molar-refractivity contribution in [1.82, 2.24) is 47.4 Å². The van der Waals surface area contributed by atoms with E-state index in [-0.39, 0.29) is 88.7 Å². The van der Waals surface area contributed by atoms with Gasteiger partial charge in [-0.05, 0) is 68.9 Å². The number of phenols is 1. The Bertz CT molecular complexity index is 2320. The lowest BCUT2D eigenvalue weighted by molar-refractivity contribution is -0.132. The van der Waals surface area contributed by atoms with Crippen molar-refractivity contribution in [2.24, 2.45) is 10.7 Å². The number of aromatic hydroxyl groups is 1. The highest BCUT2D eigenvalue weighted by Gasteiger charge is 2.34. The molecule has 4 rings (SSSR count). The number of hydrogen-bond acceptors (Lipinski definition) is 12. The van der Waals surface area contributed by atoms with E-state index in [4.69, 9.17) is 15.2 Å². The summed E-state index contributed by atoms with van der Waals surface area (Å²) in [5.74, 6) is -4.63. The van der Waals surface area contributed by atoms with Crippen molar-refractivity contribution in [2.45, 2.75) is 104 Å². The molecular weight excluding hydrogens is 941 g/mol. The number of guanidine groups is 1. The lowest BCUT2D eigenvalue weighted by atomic mass is 10.0. The molecule has 0 bridgehead atoms. The van der Waals surface area contributed by atoms with Gasteiger partial charge < -0.3 is 57.5 Å². The molecule has 11 N–H and O–H groups in total. The number of halogens is 2. The van der Waals surface area contributed by atoms with E-state index in [1.165, 1.54) is 0 Å². The number of fused-ring (bicyclic) bond motifs is 1. The minimum absolute atomic E-state index is 0.00955. The van der Waals surface area contributed by atoms with Crippen molar-refractivity contribution in [2.75, 3.05) is 45.9 Å². The van der Waals surface area contributed by atoms with Crippen LogP contribution in [0.4, 0.5) is 18.4 Å². The van der Waals surface area contributed by atoms with E-state index in [9.17, 15) is 47.4 Å². The van der Waals surface area contributed by atoms with Crippen LogP contribution in [0.3, 0.4) is 0 Å². The summed E-state index contributed by atoms with van der Waals surface area (Å²) >= 11 is 0. The van der Waals surface area contributed by atoms with Gasteiger partial charge in [-0.1, -0.05) is 43.3 Å². The Morgan fingerprint density at radius 1 is 0.764 bits per heavy atom. The minimum atomic E-state index is -1.24. The Kier molecular flexibility index (Phi) is 22.9. The smallest absolute Gasteiger partial charge is 0.407 e. The highest BCUT2D eigenvalue weighted by molar-refractivity contribution is 5.95. The lowest BCUT2D eigenvalue weighted by Crippen LogP contribution is -2.50. The van der Waals surface area contributed by atoms with Crippen LogP contribution in [0.5, 0.6) is 11.5 Å². The highest BCUT2D eigenvalue weighted by atomic mass is 19.1.